The van der Waals surface area contributed by atoms with Crippen LogP contribution in [0, 0.1) is 37.4 Å². The van der Waals surface area contributed by atoms with E-state index in [0.717, 1.165) is 44.9 Å². The van der Waals surface area contributed by atoms with Crippen molar-refractivity contribution in [1.82, 2.24) is 0 Å². The van der Waals surface area contributed by atoms with E-state index in [1.165, 1.54) is 28.3 Å². The Morgan fingerprint density at radius 3 is 2.11 bits per heavy atom. The van der Waals surface area contributed by atoms with Crippen molar-refractivity contribution in [3.8, 4) is 17.6 Å². The summed E-state index contributed by atoms with van der Waals surface area (Å²) in [5, 5.41) is 0. The average Bonchev–Trinajstić information content (AvgIpc) is 2.88. The topological polar surface area (TPSA) is 9.23 Å². The first-order chi connectivity index (χ1) is 17.0. The van der Waals surface area contributed by atoms with Gasteiger partial charge in [-0.2, -0.15) is 0 Å². The Balaban J connectivity index is 1.31. The second-order valence-electron chi connectivity index (χ2n) is 9.99. The van der Waals surface area contributed by atoms with Crippen molar-refractivity contribution in [3.05, 3.63) is 99.9 Å². The van der Waals surface area contributed by atoms with Crippen molar-refractivity contribution >= 4 is 0 Å². The first kappa shape index (κ1) is 25.1. The molecule has 0 amide bonds. The van der Waals surface area contributed by atoms with Gasteiger partial charge in [-0.15, -0.1) is 0 Å². The van der Waals surface area contributed by atoms with Gasteiger partial charge in [0.1, 0.15) is 11.6 Å². The number of hydrogen-bond acceptors (Lipinski definition) is 1. The highest BCUT2D eigenvalue weighted by Crippen LogP contribution is 2.36. The Morgan fingerprint density at radius 2 is 1.49 bits per heavy atom. The second-order valence-corrected chi connectivity index (χ2v) is 9.99. The maximum absolute atomic E-state index is 14.1. The van der Waals surface area contributed by atoms with Crippen LogP contribution in [-0.4, -0.2) is 6.61 Å². The lowest BCUT2D eigenvalue weighted by atomic mass is 9.78. The molecule has 0 aliphatic heterocycles. The van der Waals surface area contributed by atoms with Crippen LogP contribution in [0.5, 0.6) is 5.75 Å². The zero-order chi connectivity index (χ0) is 24.6. The van der Waals surface area contributed by atoms with E-state index in [1.54, 1.807) is 13.0 Å². The lowest BCUT2D eigenvalue weighted by Crippen LogP contribution is -2.12. The van der Waals surface area contributed by atoms with Gasteiger partial charge in [0, 0.05) is 5.92 Å². The molecular formula is C33H37FO. The lowest BCUT2D eigenvalue weighted by molar-refractivity contribution is 0.316. The van der Waals surface area contributed by atoms with E-state index in [-0.39, 0.29) is 5.82 Å². The fourth-order valence-corrected chi connectivity index (χ4v) is 4.83. The third kappa shape index (κ3) is 6.98. The fourth-order valence-electron chi connectivity index (χ4n) is 4.83. The van der Waals surface area contributed by atoms with Gasteiger partial charge < -0.3 is 4.74 Å². The summed E-state index contributed by atoms with van der Waals surface area (Å²) in [7, 11) is 0. The van der Waals surface area contributed by atoms with Crippen LogP contribution in [0.15, 0.2) is 60.7 Å². The van der Waals surface area contributed by atoms with Gasteiger partial charge in [0.25, 0.3) is 0 Å². The van der Waals surface area contributed by atoms with E-state index in [0.29, 0.717) is 35.3 Å². The number of halogens is 1. The van der Waals surface area contributed by atoms with Crippen molar-refractivity contribution in [2.24, 2.45) is 5.92 Å². The van der Waals surface area contributed by atoms with Crippen LogP contribution in [0.2, 0.25) is 0 Å². The lowest BCUT2D eigenvalue weighted by Gasteiger charge is -2.26. The number of ether oxygens (including phenoxy) is 1. The summed E-state index contributed by atoms with van der Waals surface area (Å²) in [6, 6.07) is 21.4. The second kappa shape index (κ2) is 12.1. The molecule has 4 rings (SSSR count). The smallest absolute Gasteiger partial charge is 0.135 e. The van der Waals surface area contributed by atoms with E-state index < -0.39 is 0 Å². The van der Waals surface area contributed by atoms with Gasteiger partial charge in [0.05, 0.1) is 12.2 Å². The van der Waals surface area contributed by atoms with E-state index in [1.807, 2.05) is 0 Å². The highest BCUT2D eigenvalue weighted by atomic mass is 19.1. The normalized spacial score (nSPS) is 17.5. The molecule has 0 bridgehead atoms. The van der Waals surface area contributed by atoms with Crippen molar-refractivity contribution < 1.29 is 9.13 Å². The van der Waals surface area contributed by atoms with Crippen molar-refractivity contribution in [1.29, 1.82) is 0 Å². The van der Waals surface area contributed by atoms with E-state index >= 15 is 0 Å². The van der Waals surface area contributed by atoms with Gasteiger partial charge >= 0.3 is 0 Å². The molecule has 1 nitrogen and oxygen atoms in total. The molecule has 0 heterocycles. The SMILES string of the molecule is CCCOc1cc(C)c(F)cc1C#CC1CCC(c2ccc(CCc3ccc(C)cc3)cc2)CC1. The molecule has 0 N–H and O–H groups in total. The highest BCUT2D eigenvalue weighted by molar-refractivity contribution is 5.48. The molecule has 182 valence electrons. The van der Waals surface area contributed by atoms with Crippen molar-refractivity contribution in [2.75, 3.05) is 6.61 Å². The van der Waals surface area contributed by atoms with Crippen LogP contribution in [0.4, 0.5) is 4.39 Å². The molecule has 0 atom stereocenters. The van der Waals surface area contributed by atoms with Crippen LogP contribution in [0.3, 0.4) is 0 Å². The van der Waals surface area contributed by atoms with Crippen LogP contribution in [-0.2, 0) is 12.8 Å². The molecule has 0 spiro atoms. The molecule has 1 aliphatic carbocycles. The van der Waals surface area contributed by atoms with Crippen molar-refractivity contribution in [2.45, 2.75) is 71.6 Å². The maximum Gasteiger partial charge on any atom is 0.135 e. The molecule has 0 aromatic heterocycles. The van der Waals surface area contributed by atoms with Gasteiger partial charge in [-0.25, -0.2) is 4.39 Å². The van der Waals surface area contributed by atoms with Crippen molar-refractivity contribution in [3.63, 3.8) is 0 Å². The number of hydrogen-bond donors (Lipinski definition) is 0. The largest absolute Gasteiger partial charge is 0.492 e. The van der Waals surface area contributed by atoms with E-state index in [9.17, 15) is 4.39 Å². The average molecular weight is 469 g/mol. The Labute approximate surface area is 210 Å². The van der Waals surface area contributed by atoms with E-state index in [4.69, 9.17) is 4.74 Å². The molecule has 0 unspecified atom stereocenters. The quantitative estimate of drug-likeness (QED) is 0.317. The Bertz CT molecular complexity index is 1160. The first-order valence-corrected chi connectivity index (χ1v) is 13.1. The highest BCUT2D eigenvalue weighted by Gasteiger charge is 2.21. The van der Waals surface area contributed by atoms with Crippen LogP contribution >= 0.6 is 0 Å². The van der Waals surface area contributed by atoms with E-state index in [2.05, 4.69) is 74.2 Å². The zero-order valence-corrected chi connectivity index (χ0v) is 21.4. The summed E-state index contributed by atoms with van der Waals surface area (Å²) in [5.41, 5.74) is 6.84. The molecule has 1 fully saturated rings. The minimum atomic E-state index is -0.218. The summed E-state index contributed by atoms with van der Waals surface area (Å²) in [6.07, 6.45) is 7.57. The van der Waals surface area contributed by atoms with Gasteiger partial charge in [0.15, 0.2) is 0 Å². The predicted molar refractivity (Wildman–Crippen MR) is 144 cm³/mol. The molecule has 0 radical (unpaired) electrons. The number of rotatable bonds is 7. The zero-order valence-electron chi connectivity index (χ0n) is 21.4. The fraction of sp³-hybridized carbons (Fsp3) is 0.394. The summed E-state index contributed by atoms with van der Waals surface area (Å²) in [5.74, 6) is 8.12. The minimum absolute atomic E-state index is 0.218. The summed E-state index contributed by atoms with van der Waals surface area (Å²) < 4.78 is 20.0. The Kier molecular flexibility index (Phi) is 8.64. The molecule has 3 aromatic rings. The molecular weight excluding hydrogens is 431 g/mol. The number of aryl methyl sites for hydroxylation is 4. The minimum Gasteiger partial charge on any atom is -0.492 e. The molecule has 2 heteroatoms. The standard InChI is InChI=1S/C33H37FO/c1-4-21-35-33-22-25(3)32(34)23-31(33)20-15-28-13-18-30(19-14-28)29-16-11-27(12-17-29)10-9-26-7-5-24(2)6-8-26/h5-8,11-12,16-17,22-23,28,30H,4,9-10,13-14,18-19,21H2,1-3H3. The third-order valence-corrected chi connectivity index (χ3v) is 7.13. The monoisotopic (exact) mass is 468 g/mol. The molecule has 0 saturated heterocycles. The third-order valence-electron chi connectivity index (χ3n) is 7.13. The summed E-state index contributed by atoms with van der Waals surface area (Å²) in [4.78, 5) is 0. The van der Waals surface area contributed by atoms with Crippen LogP contribution < -0.4 is 4.74 Å². The summed E-state index contributed by atoms with van der Waals surface area (Å²) in [6.45, 7) is 6.59. The maximum atomic E-state index is 14.1. The van der Waals surface area contributed by atoms with Crippen LogP contribution in [0.1, 0.15) is 78.3 Å². The first-order valence-electron chi connectivity index (χ1n) is 13.1. The predicted octanol–water partition coefficient (Wildman–Crippen LogP) is 8.34. The van der Waals surface area contributed by atoms with Gasteiger partial charge in [-0.3, -0.25) is 0 Å². The van der Waals surface area contributed by atoms with Gasteiger partial charge in [-0.1, -0.05) is 72.9 Å². The molecule has 35 heavy (non-hydrogen) atoms. The Morgan fingerprint density at radius 1 is 0.857 bits per heavy atom. The molecule has 1 saturated carbocycles. The Hall–Kier alpha value is -3.05. The van der Waals surface area contributed by atoms with Gasteiger partial charge in [-0.05, 0) is 99.1 Å². The molecule has 3 aromatic carbocycles. The van der Waals surface area contributed by atoms with Gasteiger partial charge in [0.2, 0.25) is 0 Å². The number of benzene rings is 3. The summed E-state index contributed by atoms with van der Waals surface area (Å²) >= 11 is 0. The molecule has 1 aliphatic rings. The van der Waals surface area contributed by atoms with Crippen LogP contribution in [0.25, 0.3) is 0 Å².